The van der Waals surface area contributed by atoms with Crippen molar-refractivity contribution in [2.45, 2.75) is 23.6 Å². The summed E-state index contributed by atoms with van der Waals surface area (Å²) in [5, 5.41) is 5.90. The van der Waals surface area contributed by atoms with Gasteiger partial charge in [-0.05, 0) is 49.4 Å². The van der Waals surface area contributed by atoms with Crippen LogP contribution in [0.1, 0.15) is 23.0 Å². The van der Waals surface area contributed by atoms with Crippen molar-refractivity contribution in [1.29, 1.82) is 0 Å². The first-order chi connectivity index (χ1) is 16.5. The summed E-state index contributed by atoms with van der Waals surface area (Å²) in [6.07, 6.45) is 0. The summed E-state index contributed by atoms with van der Waals surface area (Å²) in [6.45, 7) is 5.60. The Morgan fingerprint density at radius 1 is 1.15 bits per heavy atom. The lowest BCUT2D eigenvalue weighted by Gasteiger charge is -2.34. The smallest absolute Gasteiger partial charge is 0.254 e. The van der Waals surface area contributed by atoms with Crippen LogP contribution in [0.15, 0.2) is 52.7 Å². The zero-order valence-corrected chi connectivity index (χ0v) is 20.7. The number of thioether (sulfide) groups is 1. The number of fused-ring (bicyclic) bond motifs is 1. The van der Waals surface area contributed by atoms with Crippen LogP contribution in [0.2, 0.25) is 0 Å². The van der Waals surface area contributed by atoms with E-state index in [1.54, 1.807) is 24.5 Å². The number of nitrogens with zero attached hydrogens (tertiary/aromatic N) is 3. The maximum absolute atomic E-state index is 13.1. The Morgan fingerprint density at radius 3 is 2.65 bits per heavy atom. The molecule has 0 radical (unpaired) electrons. The lowest BCUT2D eigenvalue weighted by Crippen LogP contribution is -2.48. The third-order valence-corrected chi connectivity index (χ3v) is 8.21. The Morgan fingerprint density at radius 2 is 1.91 bits per heavy atom. The van der Waals surface area contributed by atoms with E-state index in [4.69, 9.17) is 9.72 Å². The highest BCUT2D eigenvalue weighted by Gasteiger charge is 2.26. The number of thiazole rings is 1. The molecule has 0 aliphatic carbocycles. The maximum atomic E-state index is 13.1. The minimum atomic E-state index is -0.118. The molecule has 7 nitrogen and oxygen atoms in total. The Hall–Kier alpha value is -2.88. The summed E-state index contributed by atoms with van der Waals surface area (Å²) in [5.74, 6) is 0.824. The van der Waals surface area contributed by atoms with Gasteiger partial charge in [-0.3, -0.25) is 14.5 Å². The zero-order valence-electron chi connectivity index (χ0n) is 19.1. The highest BCUT2D eigenvalue weighted by atomic mass is 32.2. The Bertz CT molecular complexity index is 1200. The largest absolute Gasteiger partial charge is 0.497 e. The number of amides is 2. The standard InChI is InChI=1S/C25H26N4O3S2/c1-16-23(30)27-21-13-18(5-8-22(21)34-16)25(31)29-11-9-28(10-12-29)14-19-15-33-24(26-19)17-3-6-20(32-2)7-4-17/h3-8,13,15-16H,9-12,14H2,1-2H3,(H,27,30)/t16-/m0/s1. The minimum absolute atomic E-state index is 0.00997. The van der Waals surface area contributed by atoms with E-state index in [-0.39, 0.29) is 17.1 Å². The Labute approximate surface area is 207 Å². The molecule has 1 atom stereocenters. The van der Waals surface area contributed by atoms with E-state index in [1.165, 1.54) is 11.8 Å². The van der Waals surface area contributed by atoms with Crippen molar-refractivity contribution in [3.05, 3.63) is 59.1 Å². The molecule has 1 saturated heterocycles. The first-order valence-electron chi connectivity index (χ1n) is 11.2. The van der Waals surface area contributed by atoms with E-state index in [1.807, 2.05) is 48.2 Å². The summed E-state index contributed by atoms with van der Waals surface area (Å²) >= 11 is 3.17. The van der Waals surface area contributed by atoms with Crippen LogP contribution < -0.4 is 10.1 Å². The zero-order chi connectivity index (χ0) is 23.7. The summed E-state index contributed by atoms with van der Waals surface area (Å²) < 4.78 is 5.23. The fourth-order valence-corrected chi connectivity index (χ4v) is 5.86. The minimum Gasteiger partial charge on any atom is -0.497 e. The van der Waals surface area contributed by atoms with Crippen LogP contribution in [0.25, 0.3) is 10.6 Å². The molecular formula is C25H26N4O3S2. The van der Waals surface area contributed by atoms with Crippen molar-refractivity contribution in [3.8, 4) is 16.3 Å². The van der Waals surface area contributed by atoms with Gasteiger partial charge in [-0.2, -0.15) is 0 Å². The number of hydrogen-bond acceptors (Lipinski definition) is 7. The molecule has 0 bridgehead atoms. The lowest BCUT2D eigenvalue weighted by molar-refractivity contribution is -0.115. The van der Waals surface area contributed by atoms with Gasteiger partial charge in [-0.25, -0.2) is 4.98 Å². The van der Waals surface area contributed by atoms with Crippen molar-refractivity contribution in [2.75, 3.05) is 38.6 Å². The predicted octanol–water partition coefficient (Wildman–Crippen LogP) is 4.21. The van der Waals surface area contributed by atoms with Gasteiger partial charge in [0, 0.05) is 54.1 Å². The van der Waals surface area contributed by atoms with Gasteiger partial charge >= 0.3 is 0 Å². The molecule has 5 rings (SSSR count). The number of piperazine rings is 1. The Kier molecular flexibility index (Phi) is 6.58. The number of anilines is 1. The molecule has 2 amide bonds. The normalized spacial score (nSPS) is 18.4. The quantitative estimate of drug-likeness (QED) is 0.573. The van der Waals surface area contributed by atoms with Crippen LogP contribution in [0.4, 0.5) is 5.69 Å². The molecule has 2 aliphatic rings. The molecule has 1 fully saturated rings. The lowest BCUT2D eigenvalue weighted by atomic mass is 10.1. The molecule has 0 saturated carbocycles. The fraction of sp³-hybridized carbons (Fsp3) is 0.320. The SMILES string of the molecule is COc1ccc(-c2nc(CN3CCN(C(=O)c4ccc5c(c4)NC(=O)[C@H](C)S5)CC3)cs2)cc1. The summed E-state index contributed by atoms with van der Waals surface area (Å²) in [4.78, 5) is 35.1. The fourth-order valence-electron chi connectivity index (χ4n) is 4.11. The highest BCUT2D eigenvalue weighted by molar-refractivity contribution is 8.00. The second-order valence-electron chi connectivity index (χ2n) is 8.40. The molecule has 9 heteroatoms. The van der Waals surface area contributed by atoms with Crippen molar-refractivity contribution in [3.63, 3.8) is 0 Å². The van der Waals surface area contributed by atoms with E-state index in [9.17, 15) is 9.59 Å². The van der Waals surface area contributed by atoms with E-state index >= 15 is 0 Å². The van der Waals surface area contributed by atoms with Crippen LogP contribution in [-0.4, -0.2) is 65.1 Å². The molecule has 34 heavy (non-hydrogen) atoms. The molecule has 1 N–H and O–H groups in total. The first-order valence-corrected chi connectivity index (χ1v) is 13.0. The van der Waals surface area contributed by atoms with Gasteiger partial charge in [-0.15, -0.1) is 23.1 Å². The number of hydrogen-bond donors (Lipinski definition) is 1. The maximum Gasteiger partial charge on any atom is 0.254 e. The summed E-state index contributed by atoms with van der Waals surface area (Å²) in [5.41, 5.74) is 3.48. The van der Waals surface area contributed by atoms with Gasteiger partial charge in [0.1, 0.15) is 10.8 Å². The molecule has 3 aromatic rings. The number of ether oxygens (including phenoxy) is 1. The van der Waals surface area contributed by atoms with Crippen molar-refractivity contribution >= 4 is 40.6 Å². The van der Waals surface area contributed by atoms with Crippen LogP contribution >= 0.6 is 23.1 Å². The predicted molar refractivity (Wildman–Crippen MR) is 136 cm³/mol. The number of benzene rings is 2. The third-order valence-electron chi connectivity index (χ3n) is 6.09. The summed E-state index contributed by atoms with van der Waals surface area (Å²) in [6, 6.07) is 13.5. The van der Waals surface area contributed by atoms with Crippen LogP contribution in [0.3, 0.4) is 0 Å². The van der Waals surface area contributed by atoms with E-state index in [0.29, 0.717) is 18.7 Å². The molecular weight excluding hydrogens is 468 g/mol. The van der Waals surface area contributed by atoms with Crippen molar-refractivity contribution in [1.82, 2.24) is 14.8 Å². The van der Waals surface area contributed by atoms with Crippen LogP contribution in [0.5, 0.6) is 5.75 Å². The molecule has 3 heterocycles. The molecule has 1 aromatic heterocycles. The highest BCUT2D eigenvalue weighted by Crippen LogP contribution is 2.36. The molecule has 0 unspecified atom stereocenters. The molecule has 2 aliphatic heterocycles. The average molecular weight is 495 g/mol. The van der Waals surface area contributed by atoms with Gasteiger partial charge in [0.05, 0.1) is 23.7 Å². The second-order valence-corrected chi connectivity index (χ2v) is 10.6. The average Bonchev–Trinajstić information content (AvgIpc) is 3.33. The monoisotopic (exact) mass is 494 g/mol. The second kappa shape index (κ2) is 9.77. The van der Waals surface area contributed by atoms with Crippen molar-refractivity contribution in [2.24, 2.45) is 0 Å². The van der Waals surface area contributed by atoms with E-state index < -0.39 is 0 Å². The number of carbonyl (C=O) groups excluding carboxylic acids is 2. The van der Waals surface area contributed by atoms with E-state index in [0.717, 1.165) is 52.2 Å². The van der Waals surface area contributed by atoms with Gasteiger partial charge in [0.15, 0.2) is 0 Å². The number of aromatic nitrogens is 1. The molecule has 176 valence electrons. The summed E-state index contributed by atoms with van der Waals surface area (Å²) in [7, 11) is 1.66. The number of nitrogens with one attached hydrogen (secondary N) is 1. The number of methoxy groups -OCH3 is 1. The van der Waals surface area contributed by atoms with E-state index in [2.05, 4.69) is 15.6 Å². The topological polar surface area (TPSA) is 74.8 Å². The molecule has 2 aromatic carbocycles. The van der Waals surface area contributed by atoms with Gasteiger partial charge in [0.25, 0.3) is 5.91 Å². The van der Waals surface area contributed by atoms with Crippen LogP contribution in [-0.2, 0) is 11.3 Å². The van der Waals surface area contributed by atoms with Crippen molar-refractivity contribution < 1.29 is 14.3 Å². The van der Waals surface area contributed by atoms with Gasteiger partial charge in [-0.1, -0.05) is 0 Å². The first kappa shape index (κ1) is 22.9. The van der Waals surface area contributed by atoms with Gasteiger partial charge in [0.2, 0.25) is 5.91 Å². The Balaban J connectivity index is 1.17. The number of carbonyl (C=O) groups is 2. The van der Waals surface area contributed by atoms with Gasteiger partial charge < -0.3 is 15.0 Å². The third kappa shape index (κ3) is 4.82. The molecule has 0 spiro atoms. The number of rotatable bonds is 5. The van der Waals surface area contributed by atoms with Crippen LogP contribution in [0, 0.1) is 0 Å².